The number of rotatable bonds is 6. The molecule has 10 heteroatoms. The Bertz CT molecular complexity index is 1140. The lowest BCUT2D eigenvalue weighted by Gasteiger charge is -2.07. The van der Waals surface area contributed by atoms with Gasteiger partial charge in [0.15, 0.2) is 5.16 Å². The molecule has 0 atom stereocenters. The molecular weight excluding hydrogens is 460 g/mol. The molecular formula is C19H19BrN4O4S. The standard InChI is InChI=1S/C19H19BrN4O4S/c1-4-28-18(27)15-10(2)16-17(26)22-23-19(24(16)11(15)3)29-9-14(25)21-13-7-5-12(20)6-8-13/h5-8H,4,9H2,1-3H3,(H,21,25)(H,22,26). The zero-order valence-electron chi connectivity index (χ0n) is 16.0. The van der Waals surface area contributed by atoms with Crippen LogP contribution in [0.4, 0.5) is 5.69 Å². The van der Waals surface area contributed by atoms with E-state index < -0.39 is 11.5 Å². The molecule has 1 amide bonds. The van der Waals surface area contributed by atoms with Crippen LogP contribution in [0.1, 0.15) is 28.5 Å². The lowest BCUT2D eigenvalue weighted by atomic mass is 10.1. The van der Waals surface area contributed by atoms with Crippen LogP contribution in [0.5, 0.6) is 0 Å². The molecule has 0 aliphatic heterocycles. The summed E-state index contributed by atoms with van der Waals surface area (Å²) in [4.78, 5) is 36.9. The van der Waals surface area contributed by atoms with Crippen LogP contribution in [0.25, 0.3) is 5.52 Å². The summed E-state index contributed by atoms with van der Waals surface area (Å²) in [5.74, 6) is -0.629. The highest BCUT2D eigenvalue weighted by Crippen LogP contribution is 2.26. The highest BCUT2D eigenvalue weighted by molar-refractivity contribution is 9.10. The fourth-order valence-corrected chi connectivity index (χ4v) is 4.07. The molecule has 8 nitrogen and oxygen atoms in total. The Morgan fingerprint density at radius 1 is 1.28 bits per heavy atom. The topological polar surface area (TPSA) is 106 Å². The maximum atomic E-state index is 12.3. The number of nitrogens with one attached hydrogen (secondary N) is 2. The second-order valence-corrected chi connectivity index (χ2v) is 8.03. The molecule has 2 heterocycles. The van der Waals surface area contributed by atoms with E-state index in [1.165, 1.54) is 0 Å². The molecule has 0 saturated heterocycles. The number of ether oxygens (including phenoxy) is 1. The molecule has 3 aromatic rings. The maximum absolute atomic E-state index is 12.3. The SMILES string of the molecule is CCOC(=O)c1c(C)c2c(=O)[nH]nc(SCC(=O)Nc3ccc(Br)cc3)n2c1C. The second kappa shape index (κ2) is 8.83. The number of benzene rings is 1. The average Bonchev–Trinajstić information content (AvgIpc) is 2.95. The maximum Gasteiger partial charge on any atom is 0.340 e. The number of aromatic amines is 1. The van der Waals surface area contributed by atoms with Crippen molar-refractivity contribution in [2.45, 2.75) is 25.9 Å². The van der Waals surface area contributed by atoms with Crippen molar-refractivity contribution in [3.63, 3.8) is 0 Å². The molecule has 0 saturated carbocycles. The first-order valence-corrected chi connectivity index (χ1v) is 10.6. The zero-order chi connectivity index (χ0) is 21.1. The number of thioether (sulfide) groups is 1. The largest absolute Gasteiger partial charge is 0.462 e. The Morgan fingerprint density at radius 3 is 2.62 bits per heavy atom. The van der Waals surface area contributed by atoms with Crippen LogP contribution in [-0.2, 0) is 9.53 Å². The zero-order valence-corrected chi connectivity index (χ0v) is 18.4. The van der Waals surface area contributed by atoms with Gasteiger partial charge in [0.05, 0.1) is 17.9 Å². The first-order chi connectivity index (χ1) is 13.8. The summed E-state index contributed by atoms with van der Waals surface area (Å²) >= 11 is 4.51. The van der Waals surface area contributed by atoms with Gasteiger partial charge in [-0.1, -0.05) is 27.7 Å². The molecule has 3 rings (SSSR count). The fraction of sp³-hybridized carbons (Fsp3) is 0.263. The number of esters is 1. The molecule has 152 valence electrons. The van der Waals surface area contributed by atoms with Gasteiger partial charge in [0.1, 0.15) is 5.52 Å². The molecule has 0 aliphatic carbocycles. The number of aromatic nitrogens is 3. The summed E-state index contributed by atoms with van der Waals surface area (Å²) < 4.78 is 7.63. The van der Waals surface area contributed by atoms with Crippen molar-refractivity contribution in [3.8, 4) is 0 Å². The number of aryl methyl sites for hydroxylation is 2. The monoisotopic (exact) mass is 478 g/mol. The van der Waals surface area contributed by atoms with Gasteiger partial charge in [-0.05, 0) is 50.6 Å². The van der Waals surface area contributed by atoms with E-state index >= 15 is 0 Å². The van der Waals surface area contributed by atoms with Crippen LogP contribution in [0, 0.1) is 13.8 Å². The number of hydrogen-bond donors (Lipinski definition) is 2. The van der Waals surface area contributed by atoms with Crippen molar-refractivity contribution in [2.75, 3.05) is 17.7 Å². The number of halogens is 1. The highest BCUT2D eigenvalue weighted by Gasteiger charge is 2.24. The van der Waals surface area contributed by atoms with Crippen LogP contribution < -0.4 is 10.9 Å². The molecule has 1 aromatic carbocycles. The molecule has 0 bridgehead atoms. The van der Waals surface area contributed by atoms with Crippen molar-refractivity contribution in [1.29, 1.82) is 0 Å². The van der Waals surface area contributed by atoms with Crippen molar-refractivity contribution >= 4 is 50.8 Å². The van der Waals surface area contributed by atoms with E-state index in [0.29, 0.717) is 33.2 Å². The van der Waals surface area contributed by atoms with Crippen molar-refractivity contribution in [2.24, 2.45) is 0 Å². The minimum absolute atomic E-state index is 0.0790. The van der Waals surface area contributed by atoms with Crippen molar-refractivity contribution < 1.29 is 14.3 Å². The third-order valence-corrected chi connectivity index (χ3v) is 5.72. The van der Waals surface area contributed by atoms with Gasteiger partial charge in [0.25, 0.3) is 5.56 Å². The Morgan fingerprint density at radius 2 is 1.97 bits per heavy atom. The van der Waals surface area contributed by atoms with Crippen LogP contribution in [0.3, 0.4) is 0 Å². The summed E-state index contributed by atoms with van der Waals surface area (Å²) in [5.41, 5.74) is 1.99. The van der Waals surface area contributed by atoms with Crippen LogP contribution in [-0.4, -0.2) is 38.8 Å². The number of anilines is 1. The van der Waals surface area contributed by atoms with Crippen LogP contribution in [0.15, 0.2) is 38.7 Å². The Hall–Kier alpha value is -2.59. The number of H-pyrrole nitrogens is 1. The number of fused-ring (bicyclic) bond motifs is 1. The summed E-state index contributed by atoms with van der Waals surface area (Å²) in [5, 5.41) is 9.71. The van der Waals surface area contributed by atoms with E-state index in [-0.39, 0.29) is 18.3 Å². The Balaban J connectivity index is 1.88. The van der Waals surface area contributed by atoms with Crippen molar-refractivity contribution in [3.05, 3.63) is 55.9 Å². The predicted molar refractivity (Wildman–Crippen MR) is 115 cm³/mol. The number of amides is 1. The van der Waals surface area contributed by atoms with Gasteiger partial charge in [-0.3, -0.25) is 14.0 Å². The van der Waals surface area contributed by atoms with E-state index in [1.807, 2.05) is 12.1 Å². The van der Waals surface area contributed by atoms with E-state index in [1.54, 1.807) is 37.3 Å². The molecule has 0 fully saturated rings. The van der Waals surface area contributed by atoms with Gasteiger partial charge in [-0.2, -0.15) is 0 Å². The lowest BCUT2D eigenvalue weighted by Crippen LogP contribution is -2.17. The lowest BCUT2D eigenvalue weighted by molar-refractivity contribution is -0.113. The van der Waals surface area contributed by atoms with E-state index in [2.05, 4.69) is 31.4 Å². The summed E-state index contributed by atoms with van der Waals surface area (Å²) in [6.07, 6.45) is 0. The van der Waals surface area contributed by atoms with Crippen LogP contribution in [0.2, 0.25) is 0 Å². The first kappa shape index (κ1) is 21.1. The predicted octanol–water partition coefficient (Wildman–Crippen LogP) is 3.31. The highest BCUT2D eigenvalue weighted by atomic mass is 79.9. The molecule has 0 radical (unpaired) electrons. The molecule has 0 unspecified atom stereocenters. The van der Waals surface area contributed by atoms with Gasteiger partial charge in [0.2, 0.25) is 5.91 Å². The summed E-state index contributed by atoms with van der Waals surface area (Å²) in [7, 11) is 0. The smallest absolute Gasteiger partial charge is 0.340 e. The normalized spacial score (nSPS) is 10.9. The first-order valence-electron chi connectivity index (χ1n) is 8.79. The molecule has 29 heavy (non-hydrogen) atoms. The Labute approximate surface area is 179 Å². The summed E-state index contributed by atoms with van der Waals surface area (Å²) in [6.45, 7) is 5.37. The molecule has 2 N–H and O–H groups in total. The van der Waals surface area contributed by atoms with E-state index in [4.69, 9.17) is 4.74 Å². The quantitative estimate of drug-likeness (QED) is 0.415. The summed E-state index contributed by atoms with van der Waals surface area (Å²) in [6, 6.07) is 7.24. The minimum Gasteiger partial charge on any atom is -0.462 e. The Kier molecular flexibility index (Phi) is 6.43. The number of carbonyl (C=O) groups is 2. The number of hydrogen-bond acceptors (Lipinski definition) is 6. The fourth-order valence-electron chi connectivity index (χ4n) is 3.01. The van der Waals surface area contributed by atoms with E-state index in [0.717, 1.165) is 16.2 Å². The van der Waals surface area contributed by atoms with E-state index in [9.17, 15) is 14.4 Å². The van der Waals surface area contributed by atoms with Gasteiger partial charge in [0, 0.05) is 15.9 Å². The minimum atomic E-state index is -0.491. The average molecular weight is 479 g/mol. The molecule has 0 aliphatic rings. The number of nitrogens with zero attached hydrogens (tertiary/aromatic N) is 2. The molecule has 2 aromatic heterocycles. The number of carbonyl (C=O) groups excluding carboxylic acids is 2. The second-order valence-electron chi connectivity index (χ2n) is 6.17. The van der Waals surface area contributed by atoms with Crippen molar-refractivity contribution in [1.82, 2.24) is 14.6 Å². The van der Waals surface area contributed by atoms with Gasteiger partial charge >= 0.3 is 5.97 Å². The molecule has 0 spiro atoms. The third kappa shape index (κ3) is 4.38. The van der Waals surface area contributed by atoms with Crippen LogP contribution >= 0.6 is 27.7 Å². The van der Waals surface area contributed by atoms with Gasteiger partial charge in [-0.15, -0.1) is 5.10 Å². The third-order valence-electron chi connectivity index (χ3n) is 4.25. The van der Waals surface area contributed by atoms with Gasteiger partial charge < -0.3 is 10.1 Å². The van der Waals surface area contributed by atoms with Gasteiger partial charge in [-0.25, -0.2) is 9.89 Å².